The number of carboxylic acid groups (broad SMARTS) is 1. The van der Waals surface area contributed by atoms with E-state index in [-0.39, 0.29) is 35.5 Å². The Hall–Kier alpha value is 0.210. The first kappa shape index (κ1) is 37.4. The van der Waals surface area contributed by atoms with E-state index in [9.17, 15) is 9.90 Å². The SMILES string of the molecule is CCCCCCCC/C=C\CCCCCCC(CCCCCCCCCCCCCC)C(=O)O.[NaH]. The molecule has 1 unspecified atom stereocenters. The van der Waals surface area contributed by atoms with E-state index >= 15 is 0 Å². The van der Waals surface area contributed by atoms with Gasteiger partial charge < -0.3 is 5.11 Å². The third-order valence-electron chi connectivity index (χ3n) is 7.32. The molecule has 3 heteroatoms. The molecular weight excluding hydrogens is 439 g/mol. The van der Waals surface area contributed by atoms with E-state index in [0.29, 0.717) is 0 Å². The molecule has 0 saturated carbocycles. The normalized spacial score (nSPS) is 12.2. The minimum atomic E-state index is -0.569. The van der Waals surface area contributed by atoms with Crippen LogP contribution in [0.2, 0.25) is 0 Å². The van der Waals surface area contributed by atoms with Crippen molar-refractivity contribution < 1.29 is 9.90 Å². The molecule has 2 nitrogen and oxygen atoms in total. The molecule has 0 saturated heterocycles. The summed E-state index contributed by atoms with van der Waals surface area (Å²) in [5.41, 5.74) is 0. The summed E-state index contributed by atoms with van der Waals surface area (Å²) in [7, 11) is 0. The predicted octanol–water partition coefficient (Wildman–Crippen LogP) is 10.8. The van der Waals surface area contributed by atoms with Crippen molar-refractivity contribution in [3.63, 3.8) is 0 Å². The Balaban J connectivity index is 0. The molecule has 1 N–H and O–H groups in total. The fraction of sp³-hybridized carbons (Fsp3) is 0.906. The quantitative estimate of drug-likeness (QED) is 0.0656. The second-order valence-electron chi connectivity index (χ2n) is 10.7. The van der Waals surface area contributed by atoms with Crippen LogP contribution in [0.1, 0.15) is 181 Å². The summed E-state index contributed by atoms with van der Waals surface area (Å²) in [5, 5.41) is 9.55. The molecule has 204 valence electrons. The molecule has 0 spiro atoms. The average molecular weight is 503 g/mol. The van der Waals surface area contributed by atoms with Crippen LogP contribution in [0.3, 0.4) is 0 Å². The van der Waals surface area contributed by atoms with Crippen LogP contribution in [0, 0.1) is 5.92 Å². The van der Waals surface area contributed by atoms with Crippen molar-refractivity contribution >= 4 is 35.5 Å². The van der Waals surface area contributed by atoms with Crippen molar-refractivity contribution in [1.82, 2.24) is 0 Å². The zero-order valence-corrected chi connectivity index (χ0v) is 23.5. The van der Waals surface area contributed by atoms with Crippen molar-refractivity contribution in [2.75, 3.05) is 0 Å². The van der Waals surface area contributed by atoms with Crippen LogP contribution in [0.5, 0.6) is 0 Å². The van der Waals surface area contributed by atoms with Crippen LogP contribution >= 0.6 is 0 Å². The number of unbranched alkanes of at least 4 members (excludes halogenated alkanes) is 21. The zero-order valence-electron chi connectivity index (χ0n) is 23.5. The van der Waals surface area contributed by atoms with Crippen molar-refractivity contribution in [3.8, 4) is 0 Å². The summed E-state index contributed by atoms with van der Waals surface area (Å²) in [4.78, 5) is 11.6. The first-order valence-corrected chi connectivity index (χ1v) is 15.6. The molecule has 0 aromatic heterocycles. The summed E-state index contributed by atoms with van der Waals surface area (Å²) in [6.07, 6.45) is 38.0. The van der Waals surface area contributed by atoms with Gasteiger partial charge in [0.05, 0.1) is 5.92 Å². The van der Waals surface area contributed by atoms with Crippen LogP contribution in [0.25, 0.3) is 0 Å². The molecule has 0 fully saturated rings. The second kappa shape index (κ2) is 32.2. The Kier molecular flexibility index (Phi) is 34.4. The van der Waals surface area contributed by atoms with E-state index in [1.165, 1.54) is 141 Å². The minimum absolute atomic E-state index is 0. The number of hydrogen-bond acceptors (Lipinski definition) is 1. The molecule has 0 heterocycles. The van der Waals surface area contributed by atoms with Crippen molar-refractivity contribution in [1.29, 1.82) is 0 Å². The number of hydrogen-bond donors (Lipinski definition) is 1. The van der Waals surface area contributed by atoms with Gasteiger partial charge in [-0.25, -0.2) is 0 Å². The summed E-state index contributed by atoms with van der Waals surface area (Å²) in [6.45, 7) is 4.55. The van der Waals surface area contributed by atoms with Gasteiger partial charge in [-0.3, -0.25) is 4.79 Å². The van der Waals surface area contributed by atoms with Gasteiger partial charge in [-0.15, -0.1) is 0 Å². The Bertz CT molecular complexity index is 435. The number of allylic oxidation sites excluding steroid dienone is 2. The first-order chi connectivity index (χ1) is 16.7. The van der Waals surface area contributed by atoms with Crippen LogP contribution in [-0.4, -0.2) is 40.6 Å². The van der Waals surface area contributed by atoms with Crippen LogP contribution in [0.4, 0.5) is 0 Å². The first-order valence-electron chi connectivity index (χ1n) is 15.6. The molecule has 0 amide bonds. The summed E-state index contributed by atoms with van der Waals surface area (Å²) in [5.74, 6) is -0.680. The van der Waals surface area contributed by atoms with Gasteiger partial charge in [0, 0.05) is 0 Å². The van der Waals surface area contributed by atoms with Gasteiger partial charge in [0.25, 0.3) is 0 Å². The number of carbonyl (C=O) groups is 1. The van der Waals surface area contributed by atoms with E-state index in [2.05, 4.69) is 26.0 Å². The van der Waals surface area contributed by atoms with Gasteiger partial charge in [-0.05, 0) is 38.5 Å². The fourth-order valence-electron chi connectivity index (χ4n) is 4.91. The zero-order chi connectivity index (χ0) is 25.0. The number of carboxylic acids is 1. The van der Waals surface area contributed by atoms with Crippen LogP contribution in [-0.2, 0) is 4.79 Å². The maximum atomic E-state index is 11.6. The van der Waals surface area contributed by atoms with Gasteiger partial charge in [-0.1, -0.05) is 154 Å². The van der Waals surface area contributed by atoms with E-state index in [0.717, 1.165) is 25.7 Å². The van der Waals surface area contributed by atoms with Crippen LogP contribution in [0.15, 0.2) is 12.2 Å². The Morgan fingerprint density at radius 2 is 0.800 bits per heavy atom. The predicted molar refractivity (Wildman–Crippen MR) is 159 cm³/mol. The Morgan fingerprint density at radius 1 is 0.514 bits per heavy atom. The molecule has 0 aliphatic heterocycles. The van der Waals surface area contributed by atoms with Gasteiger partial charge >= 0.3 is 35.5 Å². The third kappa shape index (κ3) is 30.3. The maximum absolute atomic E-state index is 11.6. The Labute approximate surface area is 243 Å². The number of aliphatic carboxylic acids is 1. The topological polar surface area (TPSA) is 37.3 Å². The summed E-state index contributed by atoms with van der Waals surface area (Å²) >= 11 is 0. The summed E-state index contributed by atoms with van der Waals surface area (Å²) in [6, 6.07) is 0. The molecule has 35 heavy (non-hydrogen) atoms. The van der Waals surface area contributed by atoms with E-state index in [1.807, 2.05) is 0 Å². The van der Waals surface area contributed by atoms with E-state index < -0.39 is 5.97 Å². The molecule has 0 rings (SSSR count). The molecule has 0 radical (unpaired) electrons. The number of rotatable bonds is 28. The molecule has 0 aromatic rings. The molecule has 0 aliphatic rings. The van der Waals surface area contributed by atoms with Gasteiger partial charge in [0.15, 0.2) is 0 Å². The van der Waals surface area contributed by atoms with Gasteiger partial charge in [0.1, 0.15) is 0 Å². The van der Waals surface area contributed by atoms with Crippen LogP contribution < -0.4 is 0 Å². The van der Waals surface area contributed by atoms with Gasteiger partial charge in [0.2, 0.25) is 0 Å². The molecular formula is C32H63NaO2. The monoisotopic (exact) mass is 502 g/mol. The van der Waals surface area contributed by atoms with E-state index in [4.69, 9.17) is 0 Å². The summed E-state index contributed by atoms with van der Waals surface area (Å²) < 4.78 is 0. The third-order valence-corrected chi connectivity index (χ3v) is 7.32. The average Bonchev–Trinajstić information content (AvgIpc) is 2.83. The van der Waals surface area contributed by atoms with Gasteiger partial charge in [-0.2, -0.15) is 0 Å². The second-order valence-corrected chi connectivity index (χ2v) is 10.7. The van der Waals surface area contributed by atoms with Crippen molar-refractivity contribution in [3.05, 3.63) is 12.2 Å². The molecule has 0 aromatic carbocycles. The van der Waals surface area contributed by atoms with E-state index in [1.54, 1.807) is 0 Å². The fourth-order valence-corrected chi connectivity index (χ4v) is 4.91. The molecule has 0 bridgehead atoms. The molecule has 0 aliphatic carbocycles. The van der Waals surface area contributed by atoms with Crippen molar-refractivity contribution in [2.24, 2.45) is 5.92 Å². The molecule has 1 atom stereocenters. The standard InChI is InChI=1S/C32H62O2.Na.H/c1-3-5-7-9-11-13-15-17-18-20-22-24-26-28-30-31(32(33)34)29-27-25-23-21-19-16-14-12-10-8-6-4-2;;/h17-18,31H,3-16,19-30H2,1-2H3,(H,33,34);;/b18-17-;;. The van der Waals surface area contributed by atoms with Crippen molar-refractivity contribution in [2.45, 2.75) is 181 Å². The Morgan fingerprint density at radius 3 is 1.11 bits per heavy atom.